The first kappa shape index (κ1) is 18.0. The minimum Gasteiger partial charge on any atom is -0.442 e. The van der Waals surface area contributed by atoms with Gasteiger partial charge < -0.3 is 15.4 Å². The highest BCUT2D eigenvalue weighted by Crippen LogP contribution is 2.29. The highest BCUT2D eigenvalue weighted by atomic mass is 32.2. The second-order valence-electron chi connectivity index (χ2n) is 6.21. The normalized spacial score (nSPS) is 23.9. The van der Waals surface area contributed by atoms with Gasteiger partial charge in [-0.3, -0.25) is 9.69 Å². The van der Waals surface area contributed by atoms with Crippen molar-refractivity contribution in [2.75, 3.05) is 29.6 Å². The second-order valence-corrected chi connectivity index (χ2v) is 7.32. The summed E-state index contributed by atoms with van der Waals surface area (Å²) >= 11 is 1.82. The van der Waals surface area contributed by atoms with Crippen LogP contribution in [0.4, 0.5) is 14.9 Å². The smallest absolute Gasteiger partial charge is 0.414 e. The number of amides is 2. The Kier molecular flexibility index (Phi) is 5.80. The Morgan fingerprint density at radius 3 is 3.12 bits per heavy atom. The second kappa shape index (κ2) is 8.05. The van der Waals surface area contributed by atoms with Gasteiger partial charge in [0.1, 0.15) is 11.9 Å². The number of carbonyl (C=O) groups is 2. The fraction of sp³-hybridized carbons (Fsp3) is 0.529. The molecule has 2 amide bonds. The molecule has 0 saturated carbocycles. The number of anilines is 1. The van der Waals surface area contributed by atoms with Gasteiger partial charge in [0.05, 0.1) is 18.8 Å². The Balaban J connectivity index is 1.69. The van der Waals surface area contributed by atoms with Crippen LogP contribution in [0.2, 0.25) is 0 Å². The summed E-state index contributed by atoms with van der Waals surface area (Å²) in [6.07, 6.45) is 0.992. The standard InChI is InChI=1S/C17H22FN3O3S/c1-11(22)19-8-13-9-21(17(23)24-13)12-4-5-14(15(18)7-12)16-3-2-6-25-10-20-16/h4-5,7,13,16,20H,2-3,6,8-10H2,1H3,(H,19,22). The average Bonchev–Trinajstić information content (AvgIpc) is 2.78. The molecule has 6 nitrogen and oxygen atoms in total. The number of cyclic esters (lactones) is 1. The monoisotopic (exact) mass is 367 g/mol. The van der Waals surface area contributed by atoms with Gasteiger partial charge >= 0.3 is 6.09 Å². The van der Waals surface area contributed by atoms with Crippen LogP contribution in [0.1, 0.15) is 31.4 Å². The van der Waals surface area contributed by atoms with Crippen LogP contribution < -0.4 is 15.5 Å². The fourth-order valence-corrected chi connectivity index (χ4v) is 3.89. The van der Waals surface area contributed by atoms with Gasteiger partial charge in [0.25, 0.3) is 0 Å². The van der Waals surface area contributed by atoms with Crippen LogP contribution in [0.3, 0.4) is 0 Å². The number of rotatable bonds is 4. The fourth-order valence-electron chi connectivity index (χ4n) is 3.05. The van der Waals surface area contributed by atoms with Crippen molar-refractivity contribution >= 4 is 29.4 Å². The summed E-state index contributed by atoms with van der Waals surface area (Å²) < 4.78 is 19.8. The highest BCUT2D eigenvalue weighted by molar-refractivity contribution is 7.99. The zero-order valence-corrected chi connectivity index (χ0v) is 14.9. The topological polar surface area (TPSA) is 70.7 Å². The average molecular weight is 367 g/mol. The first-order valence-electron chi connectivity index (χ1n) is 8.38. The van der Waals surface area contributed by atoms with Crippen molar-refractivity contribution in [1.29, 1.82) is 0 Å². The molecule has 2 unspecified atom stereocenters. The van der Waals surface area contributed by atoms with Gasteiger partial charge in [0.2, 0.25) is 5.91 Å². The Bertz CT molecular complexity index is 650. The van der Waals surface area contributed by atoms with E-state index in [4.69, 9.17) is 4.74 Å². The van der Waals surface area contributed by atoms with Crippen molar-refractivity contribution in [2.24, 2.45) is 0 Å². The third-order valence-corrected chi connectivity index (χ3v) is 5.29. The molecule has 0 radical (unpaired) electrons. The number of hydrogen-bond acceptors (Lipinski definition) is 5. The Labute approximate surface area is 150 Å². The lowest BCUT2D eigenvalue weighted by atomic mass is 10.0. The van der Waals surface area contributed by atoms with E-state index in [1.165, 1.54) is 17.9 Å². The van der Waals surface area contributed by atoms with Crippen molar-refractivity contribution in [3.05, 3.63) is 29.6 Å². The van der Waals surface area contributed by atoms with Crippen LogP contribution in [0.5, 0.6) is 0 Å². The lowest BCUT2D eigenvalue weighted by Gasteiger charge is -2.19. The summed E-state index contributed by atoms with van der Waals surface area (Å²) in [5.41, 5.74) is 1.10. The predicted molar refractivity (Wildman–Crippen MR) is 95.1 cm³/mol. The van der Waals surface area contributed by atoms with E-state index >= 15 is 0 Å². The number of thioether (sulfide) groups is 1. The molecule has 2 atom stereocenters. The van der Waals surface area contributed by atoms with E-state index in [-0.39, 0.29) is 30.9 Å². The summed E-state index contributed by atoms with van der Waals surface area (Å²) in [6, 6.07) is 4.88. The molecule has 0 spiro atoms. The molecule has 1 aromatic carbocycles. The van der Waals surface area contributed by atoms with E-state index < -0.39 is 12.2 Å². The van der Waals surface area contributed by atoms with Gasteiger partial charge in [-0.2, -0.15) is 0 Å². The Hall–Kier alpha value is -1.80. The number of carbonyl (C=O) groups excluding carboxylic acids is 2. The molecule has 8 heteroatoms. The molecule has 2 aliphatic rings. The lowest BCUT2D eigenvalue weighted by molar-refractivity contribution is -0.119. The maximum absolute atomic E-state index is 14.6. The van der Waals surface area contributed by atoms with E-state index in [1.54, 1.807) is 12.1 Å². The molecule has 0 bridgehead atoms. The summed E-state index contributed by atoms with van der Waals surface area (Å²) in [4.78, 5) is 24.4. The maximum atomic E-state index is 14.6. The van der Waals surface area contributed by atoms with E-state index in [2.05, 4.69) is 10.6 Å². The Morgan fingerprint density at radius 2 is 2.36 bits per heavy atom. The van der Waals surface area contributed by atoms with Crippen LogP contribution in [0, 0.1) is 5.82 Å². The zero-order chi connectivity index (χ0) is 17.8. The van der Waals surface area contributed by atoms with Gasteiger partial charge in [0.15, 0.2) is 0 Å². The minimum absolute atomic E-state index is 0.00194. The van der Waals surface area contributed by atoms with Crippen molar-refractivity contribution in [2.45, 2.75) is 31.9 Å². The van der Waals surface area contributed by atoms with Crippen LogP contribution in [-0.4, -0.2) is 42.8 Å². The summed E-state index contributed by atoms with van der Waals surface area (Å²) in [7, 11) is 0. The number of halogens is 1. The molecule has 0 aromatic heterocycles. The highest BCUT2D eigenvalue weighted by Gasteiger charge is 2.33. The number of nitrogens with one attached hydrogen (secondary N) is 2. The van der Waals surface area contributed by atoms with Gasteiger partial charge in [-0.15, -0.1) is 11.8 Å². The van der Waals surface area contributed by atoms with E-state index in [1.807, 2.05) is 11.8 Å². The van der Waals surface area contributed by atoms with Crippen LogP contribution in [-0.2, 0) is 9.53 Å². The van der Waals surface area contributed by atoms with Gasteiger partial charge in [0, 0.05) is 24.4 Å². The molecular formula is C17H22FN3O3S. The number of ether oxygens (including phenoxy) is 1. The number of nitrogens with zero attached hydrogens (tertiary/aromatic N) is 1. The molecule has 3 rings (SSSR count). The molecule has 2 N–H and O–H groups in total. The lowest BCUT2D eigenvalue weighted by Crippen LogP contribution is -2.33. The van der Waals surface area contributed by atoms with Crippen molar-refractivity contribution in [1.82, 2.24) is 10.6 Å². The van der Waals surface area contributed by atoms with Gasteiger partial charge in [-0.25, -0.2) is 9.18 Å². The quantitative estimate of drug-likeness (QED) is 0.855. The van der Waals surface area contributed by atoms with Gasteiger partial charge in [-0.05, 0) is 30.7 Å². The molecule has 25 heavy (non-hydrogen) atoms. The number of hydrogen-bond donors (Lipinski definition) is 2. The van der Waals surface area contributed by atoms with Crippen molar-refractivity contribution < 1.29 is 18.7 Å². The SMILES string of the molecule is CC(=O)NCC1CN(c2ccc(C3CCCSCN3)c(F)c2)C(=O)O1. The molecule has 0 aliphatic carbocycles. The van der Waals surface area contributed by atoms with Crippen LogP contribution in [0.15, 0.2) is 18.2 Å². The Morgan fingerprint density at radius 1 is 1.52 bits per heavy atom. The maximum Gasteiger partial charge on any atom is 0.414 e. The number of benzene rings is 1. The first-order chi connectivity index (χ1) is 12.0. The third kappa shape index (κ3) is 4.43. The molecule has 2 aliphatic heterocycles. The van der Waals surface area contributed by atoms with Crippen molar-refractivity contribution in [3.63, 3.8) is 0 Å². The summed E-state index contributed by atoms with van der Waals surface area (Å²) in [5.74, 6) is 1.40. The molecule has 2 saturated heterocycles. The first-order valence-corrected chi connectivity index (χ1v) is 9.53. The molecular weight excluding hydrogens is 345 g/mol. The van der Waals surface area contributed by atoms with Gasteiger partial charge in [-0.1, -0.05) is 6.07 Å². The molecule has 2 heterocycles. The molecule has 136 valence electrons. The van der Waals surface area contributed by atoms with E-state index in [9.17, 15) is 14.0 Å². The van der Waals surface area contributed by atoms with E-state index in [0.717, 1.165) is 24.5 Å². The summed E-state index contributed by atoms with van der Waals surface area (Å²) in [5, 5.41) is 5.97. The van der Waals surface area contributed by atoms with Crippen LogP contribution >= 0.6 is 11.8 Å². The molecule has 1 aromatic rings. The zero-order valence-electron chi connectivity index (χ0n) is 14.1. The summed E-state index contributed by atoms with van der Waals surface area (Å²) in [6.45, 7) is 1.95. The van der Waals surface area contributed by atoms with E-state index in [0.29, 0.717) is 11.3 Å². The third-order valence-electron chi connectivity index (χ3n) is 4.34. The molecule has 2 fully saturated rings. The van der Waals surface area contributed by atoms with Crippen molar-refractivity contribution in [3.8, 4) is 0 Å². The largest absolute Gasteiger partial charge is 0.442 e. The van der Waals surface area contributed by atoms with Crippen LogP contribution in [0.25, 0.3) is 0 Å². The minimum atomic E-state index is -0.522. The predicted octanol–water partition coefficient (Wildman–Crippen LogP) is 2.40.